The van der Waals surface area contributed by atoms with Gasteiger partial charge in [0, 0.05) is 34.2 Å². The standard InChI is InChI=1S/C17H25NO9/c1-6-7-18(9(2)19)14-16(26-12(5)22)15(25-11(4)21)13(27-17(14)23)8-24-10(3)20/h6,13-17,23H,1,7-8H2,2-5H3/t13-,14-,15-,16-,17-/m1/s1. The Hall–Kier alpha value is -2.46. The number of esters is 3. The highest BCUT2D eigenvalue weighted by Crippen LogP contribution is 2.29. The molecule has 1 fully saturated rings. The van der Waals surface area contributed by atoms with Crippen molar-refractivity contribution in [2.75, 3.05) is 13.2 Å². The summed E-state index contributed by atoms with van der Waals surface area (Å²) in [5.41, 5.74) is 0. The van der Waals surface area contributed by atoms with Crippen LogP contribution in [0.3, 0.4) is 0 Å². The second-order valence-corrected chi connectivity index (χ2v) is 5.97. The average molecular weight is 387 g/mol. The lowest BCUT2D eigenvalue weighted by Crippen LogP contribution is -2.66. The van der Waals surface area contributed by atoms with Crippen molar-refractivity contribution >= 4 is 23.8 Å². The van der Waals surface area contributed by atoms with Crippen LogP contribution >= 0.6 is 0 Å². The zero-order chi connectivity index (χ0) is 20.7. The molecule has 1 aliphatic rings. The Bertz CT molecular complexity index is 591. The molecule has 5 atom stereocenters. The summed E-state index contributed by atoms with van der Waals surface area (Å²) >= 11 is 0. The fourth-order valence-corrected chi connectivity index (χ4v) is 2.83. The molecule has 0 aromatic heterocycles. The van der Waals surface area contributed by atoms with Crippen LogP contribution in [-0.2, 0) is 38.1 Å². The van der Waals surface area contributed by atoms with Crippen molar-refractivity contribution in [1.82, 2.24) is 4.90 Å². The maximum absolute atomic E-state index is 12.0. The van der Waals surface area contributed by atoms with Gasteiger partial charge in [-0.15, -0.1) is 6.58 Å². The molecular weight excluding hydrogens is 362 g/mol. The quantitative estimate of drug-likeness (QED) is 0.350. The number of hydrogen-bond acceptors (Lipinski definition) is 9. The van der Waals surface area contributed by atoms with Crippen LogP contribution in [0.1, 0.15) is 27.7 Å². The minimum absolute atomic E-state index is 0.0274. The van der Waals surface area contributed by atoms with Gasteiger partial charge in [0.05, 0.1) is 0 Å². The van der Waals surface area contributed by atoms with Gasteiger partial charge < -0.3 is 29.0 Å². The third-order valence-electron chi connectivity index (χ3n) is 3.78. The number of carbonyl (C=O) groups excluding carboxylic acids is 4. The van der Waals surface area contributed by atoms with Crippen molar-refractivity contribution < 1.29 is 43.2 Å². The summed E-state index contributed by atoms with van der Waals surface area (Å²) in [4.78, 5) is 47.5. The fourth-order valence-electron chi connectivity index (χ4n) is 2.83. The van der Waals surface area contributed by atoms with Gasteiger partial charge in [0.1, 0.15) is 18.8 Å². The number of carbonyl (C=O) groups is 4. The Morgan fingerprint density at radius 3 is 2.04 bits per heavy atom. The first-order valence-electron chi connectivity index (χ1n) is 8.27. The molecule has 0 bridgehead atoms. The Balaban J connectivity index is 3.31. The molecule has 1 amide bonds. The number of aliphatic hydroxyl groups excluding tert-OH is 1. The molecule has 1 aliphatic heterocycles. The van der Waals surface area contributed by atoms with E-state index in [1.54, 1.807) is 0 Å². The van der Waals surface area contributed by atoms with Gasteiger partial charge in [0.25, 0.3) is 0 Å². The number of ether oxygens (including phenoxy) is 4. The molecule has 0 radical (unpaired) electrons. The number of aliphatic hydroxyl groups is 1. The van der Waals surface area contributed by atoms with Gasteiger partial charge in [-0.2, -0.15) is 0 Å². The molecule has 1 saturated heterocycles. The lowest BCUT2D eigenvalue weighted by atomic mass is 9.94. The van der Waals surface area contributed by atoms with Gasteiger partial charge in [-0.25, -0.2) is 0 Å². The lowest BCUT2D eigenvalue weighted by Gasteiger charge is -2.46. The average Bonchev–Trinajstić information content (AvgIpc) is 2.53. The fraction of sp³-hybridized carbons (Fsp3) is 0.647. The van der Waals surface area contributed by atoms with Gasteiger partial charge in [-0.3, -0.25) is 19.2 Å². The predicted molar refractivity (Wildman–Crippen MR) is 90.0 cm³/mol. The van der Waals surface area contributed by atoms with Gasteiger partial charge in [-0.05, 0) is 0 Å². The Morgan fingerprint density at radius 2 is 1.59 bits per heavy atom. The van der Waals surface area contributed by atoms with Crippen LogP contribution in [0.4, 0.5) is 0 Å². The highest BCUT2D eigenvalue weighted by Gasteiger charge is 2.52. The van der Waals surface area contributed by atoms with Crippen LogP contribution in [0.25, 0.3) is 0 Å². The lowest BCUT2D eigenvalue weighted by molar-refractivity contribution is -0.277. The zero-order valence-electron chi connectivity index (χ0n) is 15.7. The first kappa shape index (κ1) is 22.6. The summed E-state index contributed by atoms with van der Waals surface area (Å²) in [5.74, 6) is -2.48. The molecule has 0 aromatic rings. The van der Waals surface area contributed by atoms with Crippen LogP contribution in [0, 0.1) is 0 Å². The van der Waals surface area contributed by atoms with Gasteiger partial charge in [-0.1, -0.05) is 6.08 Å². The van der Waals surface area contributed by atoms with Crippen molar-refractivity contribution in [3.8, 4) is 0 Å². The third kappa shape index (κ3) is 6.33. The molecule has 0 aliphatic carbocycles. The topological polar surface area (TPSA) is 129 Å². The van der Waals surface area contributed by atoms with E-state index in [4.69, 9.17) is 18.9 Å². The predicted octanol–water partition coefficient (Wildman–Crippen LogP) is -0.467. The first-order chi connectivity index (χ1) is 12.6. The molecule has 0 spiro atoms. The molecule has 1 rings (SSSR count). The van der Waals surface area contributed by atoms with Crippen LogP contribution in [0.5, 0.6) is 0 Å². The normalized spacial score (nSPS) is 27.2. The van der Waals surface area contributed by atoms with E-state index >= 15 is 0 Å². The number of nitrogens with zero attached hydrogens (tertiary/aromatic N) is 1. The van der Waals surface area contributed by atoms with Gasteiger partial charge in [0.2, 0.25) is 5.91 Å². The van der Waals surface area contributed by atoms with Gasteiger partial charge in [0.15, 0.2) is 18.5 Å². The van der Waals surface area contributed by atoms with Crippen LogP contribution in [0.15, 0.2) is 12.7 Å². The van der Waals surface area contributed by atoms with Crippen molar-refractivity contribution in [3.05, 3.63) is 12.7 Å². The van der Waals surface area contributed by atoms with Crippen molar-refractivity contribution in [2.45, 2.75) is 58.3 Å². The summed E-state index contributed by atoms with van der Waals surface area (Å²) in [6, 6.07) is -1.16. The number of amides is 1. The van der Waals surface area contributed by atoms with Crippen LogP contribution in [0.2, 0.25) is 0 Å². The van der Waals surface area contributed by atoms with Gasteiger partial charge >= 0.3 is 17.9 Å². The summed E-state index contributed by atoms with van der Waals surface area (Å²) in [5, 5.41) is 10.5. The minimum Gasteiger partial charge on any atom is -0.463 e. The maximum Gasteiger partial charge on any atom is 0.303 e. The highest BCUT2D eigenvalue weighted by atomic mass is 16.7. The maximum atomic E-state index is 12.0. The highest BCUT2D eigenvalue weighted by molar-refractivity contribution is 5.74. The van der Waals surface area contributed by atoms with E-state index in [9.17, 15) is 24.3 Å². The zero-order valence-corrected chi connectivity index (χ0v) is 15.7. The largest absolute Gasteiger partial charge is 0.463 e. The third-order valence-corrected chi connectivity index (χ3v) is 3.78. The summed E-state index contributed by atoms with van der Waals surface area (Å²) in [6.07, 6.45) is -3.74. The molecule has 0 saturated carbocycles. The molecule has 10 nitrogen and oxygen atoms in total. The van der Waals surface area contributed by atoms with E-state index in [-0.39, 0.29) is 13.2 Å². The Morgan fingerprint density at radius 1 is 1.04 bits per heavy atom. The van der Waals surface area contributed by atoms with E-state index in [1.807, 2.05) is 0 Å². The summed E-state index contributed by atoms with van der Waals surface area (Å²) in [6.45, 7) is 7.94. The SMILES string of the molecule is C=CCN(C(C)=O)[C@@H]1[C@@H](OC(C)=O)[C@H](OC(C)=O)[C@@H](COC(C)=O)O[C@H]1O. The van der Waals surface area contributed by atoms with E-state index in [2.05, 4.69) is 6.58 Å². The molecule has 27 heavy (non-hydrogen) atoms. The van der Waals surface area contributed by atoms with Crippen molar-refractivity contribution in [2.24, 2.45) is 0 Å². The summed E-state index contributed by atoms with van der Waals surface area (Å²) in [7, 11) is 0. The number of hydrogen-bond donors (Lipinski definition) is 1. The molecule has 10 heteroatoms. The molecular formula is C17H25NO9. The van der Waals surface area contributed by atoms with Crippen LogP contribution in [-0.4, -0.2) is 77.6 Å². The van der Waals surface area contributed by atoms with E-state index < -0.39 is 54.5 Å². The molecule has 152 valence electrons. The van der Waals surface area contributed by atoms with E-state index in [0.717, 1.165) is 13.8 Å². The van der Waals surface area contributed by atoms with Crippen molar-refractivity contribution in [3.63, 3.8) is 0 Å². The molecule has 1 heterocycles. The summed E-state index contributed by atoms with van der Waals surface area (Å²) < 4.78 is 20.8. The van der Waals surface area contributed by atoms with Crippen LogP contribution < -0.4 is 0 Å². The smallest absolute Gasteiger partial charge is 0.303 e. The monoisotopic (exact) mass is 387 g/mol. The first-order valence-corrected chi connectivity index (χ1v) is 8.27. The second-order valence-electron chi connectivity index (χ2n) is 5.97. The minimum atomic E-state index is -1.59. The second kappa shape index (κ2) is 10.0. The van der Waals surface area contributed by atoms with E-state index in [1.165, 1.54) is 24.8 Å². The van der Waals surface area contributed by atoms with E-state index in [0.29, 0.717) is 0 Å². The molecule has 0 unspecified atom stereocenters. The number of rotatable bonds is 7. The Labute approximate surface area is 157 Å². The molecule has 1 N–H and O–H groups in total. The van der Waals surface area contributed by atoms with Crippen molar-refractivity contribution in [1.29, 1.82) is 0 Å². The Kier molecular flexibility index (Phi) is 8.38. The molecule has 0 aromatic carbocycles.